The van der Waals surface area contributed by atoms with E-state index < -0.39 is 10.0 Å². The molecule has 24 heavy (non-hydrogen) atoms. The van der Waals surface area contributed by atoms with Crippen molar-refractivity contribution in [3.05, 3.63) is 41.5 Å². The van der Waals surface area contributed by atoms with Crippen LogP contribution < -0.4 is 9.62 Å². The molecule has 0 unspecified atom stereocenters. The molecule has 0 fully saturated rings. The van der Waals surface area contributed by atoms with Gasteiger partial charge in [-0.1, -0.05) is 29.8 Å². The molecule has 1 aromatic carbocycles. The molecule has 0 bridgehead atoms. The van der Waals surface area contributed by atoms with Gasteiger partial charge in [0.15, 0.2) is 0 Å². The van der Waals surface area contributed by atoms with Crippen molar-refractivity contribution in [2.75, 3.05) is 23.7 Å². The first-order valence-corrected chi connectivity index (χ1v) is 10.2. The highest BCUT2D eigenvalue weighted by Gasteiger charge is 2.21. The molecule has 132 valence electrons. The van der Waals surface area contributed by atoms with Gasteiger partial charge < -0.3 is 5.32 Å². The maximum absolute atomic E-state index is 12.2. The van der Waals surface area contributed by atoms with E-state index in [1.807, 2.05) is 19.1 Å². The lowest BCUT2D eigenvalue weighted by molar-refractivity contribution is -0.119. The molecule has 0 heterocycles. The van der Waals surface area contributed by atoms with Crippen molar-refractivity contribution < 1.29 is 13.2 Å². The van der Waals surface area contributed by atoms with E-state index >= 15 is 0 Å². The van der Waals surface area contributed by atoms with Crippen LogP contribution in [-0.2, 0) is 14.8 Å². The fourth-order valence-corrected chi connectivity index (χ4v) is 3.82. The van der Waals surface area contributed by atoms with Gasteiger partial charge in [0.1, 0.15) is 6.54 Å². The number of carbonyl (C=O) groups excluding carboxylic acids is 1. The van der Waals surface area contributed by atoms with E-state index in [-0.39, 0.29) is 12.5 Å². The van der Waals surface area contributed by atoms with Gasteiger partial charge in [0.05, 0.1) is 11.9 Å². The Labute approximate surface area is 144 Å². The molecule has 5 nitrogen and oxygen atoms in total. The van der Waals surface area contributed by atoms with Crippen LogP contribution in [0.1, 0.15) is 37.7 Å². The summed E-state index contributed by atoms with van der Waals surface area (Å²) < 4.78 is 25.3. The average Bonchev–Trinajstić information content (AvgIpc) is 2.53. The van der Waals surface area contributed by atoms with Crippen LogP contribution >= 0.6 is 0 Å². The fraction of sp³-hybridized carbons (Fsp3) is 0.500. The zero-order valence-electron chi connectivity index (χ0n) is 14.4. The Morgan fingerprint density at radius 1 is 1.25 bits per heavy atom. The second-order valence-corrected chi connectivity index (χ2v) is 8.17. The van der Waals surface area contributed by atoms with Crippen molar-refractivity contribution in [3.63, 3.8) is 0 Å². The summed E-state index contributed by atoms with van der Waals surface area (Å²) in [6.07, 6.45) is 8.91. The number of para-hydroxylation sites is 1. The van der Waals surface area contributed by atoms with Crippen LogP contribution in [0.5, 0.6) is 0 Å². The molecular weight excluding hydrogens is 324 g/mol. The fourth-order valence-electron chi connectivity index (χ4n) is 2.90. The number of nitrogens with one attached hydrogen (secondary N) is 1. The molecule has 0 radical (unpaired) electrons. The second-order valence-electron chi connectivity index (χ2n) is 6.26. The van der Waals surface area contributed by atoms with E-state index in [4.69, 9.17) is 0 Å². The topological polar surface area (TPSA) is 66.5 Å². The zero-order valence-corrected chi connectivity index (χ0v) is 15.2. The number of benzene rings is 1. The number of anilines is 1. The number of amides is 1. The highest BCUT2D eigenvalue weighted by Crippen LogP contribution is 2.22. The Bertz CT molecular complexity index is 711. The summed E-state index contributed by atoms with van der Waals surface area (Å²) in [6, 6.07) is 7.17. The smallest absolute Gasteiger partial charge is 0.240 e. The van der Waals surface area contributed by atoms with Crippen molar-refractivity contribution in [1.29, 1.82) is 0 Å². The summed E-state index contributed by atoms with van der Waals surface area (Å²) in [5, 5.41) is 2.84. The first kappa shape index (κ1) is 18.5. The highest BCUT2D eigenvalue weighted by molar-refractivity contribution is 7.92. The summed E-state index contributed by atoms with van der Waals surface area (Å²) in [6.45, 7) is 2.19. The number of allylic oxidation sites excluding steroid dienone is 1. The quantitative estimate of drug-likeness (QED) is 0.769. The number of rotatable bonds is 7. The second kappa shape index (κ2) is 8.33. The van der Waals surface area contributed by atoms with E-state index in [1.165, 1.54) is 18.4 Å². The molecule has 1 aliphatic rings. The molecule has 1 amide bonds. The summed E-state index contributed by atoms with van der Waals surface area (Å²) in [5.41, 5.74) is 2.76. The summed E-state index contributed by atoms with van der Waals surface area (Å²) in [5.74, 6) is -0.278. The van der Waals surface area contributed by atoms with Crippen molar-refractivity contribution in [2.24, 2.45) is 0 Å². The third-order valence-corrected chi connectivity index (χ3v) is 5.35. The summed E-state index contributed by atoms with van der Waals surface area (Å²) in [7, 11) is -3.52. The van der Waals surface area contributed by atoms with Gasteiger partial charge in [-0.15, -0.1) is 0 Å². The molecule has 1 aliphatic carbocycles. The monoisotopic (exact) mass is 350 g/mol. The van der Waals surface area contributed by atoms with Gasteiger partial charge in [-0.2, -0.15) is 0 Å². The van der Waals surface area contributed by atoms with Crippen molar-refractivity contribution >= 4 is 21.6 Å². The molecule has 0 aliphatic heterocycles. The Hall–Kier alpha value is -1.82. The molecule has 2 rings (SSSR count). The van der Waals surface area contributed by atoms with Crippen molar-refractivity contribution in [1.82, 2.24) is 5.32 Å². The number of sulfonamides is 1. The minimum absolute atomic E-state index is 0.192. The number of hydrogen-bond acceptors (Lipinski definition) is 3. The molecule has 6 heteroatoms. The average molecular weight is 350 g/mol. The minimum Gasteiger partial charge on any atom is -0.354 e. The van der Waals surface area contributed by atoms with E-state index in [2.05, 4.69) is 11.4 Å². The number of aryl methyl sites for hydroxylation is 1. The van der Waals surface area contributed by atoms with Gasteiger partial charge in [-0.25, -0.2) is 8.42 Å². The lowest BCUT2D eigenvalue weighted by atomic mass is 9.97. The van der Waals surface area contributed by atoms with E-state index in [9.17, 15) is 13.2 Å². The maximum Gasteiger partial charge on any atom is 0.240 e. The summed E-state index contributed by atoms with van der Waals surface area (Å²) >= 11 is 0. The molecule has 0 spiro atoms. The minimum atomic E-state index is -3.52. The Morgan fingerprint density at radius 2 is 2.00 bits per heavy atom. The Balaban J connectivity index is 1.96. The van der Waals surface area contributed by atoms with E-state index in [0.717, 1.165) is 35.4 Å². The van der Waals surface area contributed by atoms with Gasteiger partial charge in [-0.3, -0.25) is 9.10 Å². The van der Waals surface area contributed by atoms with Crippen LogP contribution in [0.15, 0.2) is 35.9 Å². The van der Waals surface area contributed by atoms with Crippen LogP contribution in [0.25, 0.3) is 0 Å². The number of nitrogens with zero attached hydrogens (tertiary/aromatic N) is 1. The first-order chi connectivity index (χ1) is 11.4. The van der Waals surface area contributed by atoms with E-state index in [1.54, 1.807) is 12.1 Å². The lowest BCUT2D eigenvalue weighted by Gasteiger charge is -2.23. The predicted octanol–water partition coefficient (Wildman–Crippen LogP) is 2.77. The van der Waals surface area contributed by atoms with E-state index in [0.29, 0.717) is 12.2 Å². The SMILES string of the molecule is Cc1ccccc1N(CC(=O)NCCC1=CCCCC1)S(C)(=O)=O. The van der Waals surface area contributed by atoms with Crippen LogP contribution in [0.4, 0.5) is 5.69 Å². The highest BCUT2D eigenvalue weighted by atomic mass is 32.2. The molecular formula is C18H26N2O3S. The third-order valence-electron chi connectivity index (χ3n) is 4.23. The van der Waals surface area contributed by atoms with Crippen LogP contribution in [0.3, 0.4) is 0 Å². The molecule has 0 saturated heterocycles. The molecule has 0 saturated carbocycles. The maximum atomic E-state index is 12.2. The summed E-state index contributed by atoms with van der Waals surface area (Å²) in [4.78, 5) is 12.2. The molecule has 0 aromatic heterocycles. The van der Waals surface area contributed by atoms with Gasteiger partial charge in [0.25, 0.3) is 0 Å². The van der Waals surface area contributed by atoms with Crippen LogP contribution in [0.2, 0.25) is 0 Å². The molecule has 1 N–H and O–H groups in total. The van der Waals surface area contributed by atoms with Crippen molar-refractivity contribution in [3.8, 4) is 0 Å². The van der Waals surface area contributed by atoms with Crippen LogP contribution in [-0.4, -0.2) is 33.7 Å². The standard InChI is InChI=1S/C18H26N2O3S/c1-15-8-6-7-11-17(15)20(24(2,22)23)14-18(21)19-13-12-16-9-4-3-5-10-16/h6-9,11H,3-5,10,12-14H2,1-2H3,(H,19,21). The van der Waals surface area contributed by atoms with Gasteiger partial charge >= 0.3 is 0 Å². The normalized spacial score (nSPS) is 14.8. The molecule has 1 aromatic rings. The Kier molecular flexibility index (Phi) is 6.43. The third kappa shape index (κ3) is 5.37. The van der Waals surface area contributed by atoms with Gasteiger partial charge in [0.2, 0.25) is 15.9 Å². The zero-order chi connectivity index (χ0) is 17.6. The van der Waals surface area contributed by atoms with Crippen molar-refractivity contribution in [2.45, 2.75) is 39.0 Å². The largest absolute Gasteiger partial charge is 0.354 e. The van der Waals surface area contributed by atoms with Crippen LogP contribution in [0, 0.1) is 6.92 Å². The van der Waals surface area contributed by atoms with Gasteiger partial charge in [-0.05, 0) is 50.7 Å². The first-order valence-electron chi connectivity index (χ1n) is 8.36. The lowest BCUT2D eigenvalue weighted by Crippen LogP contribution is -2.41. The molecule has 0 atom stereocenters. The number of hydrogen-bond donors (Lipinski definition) is 1. The Morgan fingerprint density at radius 3 is 2.62 bits per heavy atom. The predicted molar refractivity (Wildman–Crippen MR) is 97.5 cm³/mol. The number of carbonyl (C=O) groups is 1. The van der Waals surface area contributed by atoms with Gasteiger partial charge in [0, 0.05) is 6.54 Å².